The zero-order chi connectivity index (χ0) is 12.1. The van der Waals surface area contributed by atoms with Crippen LogP contribution in [-0.4, -0.2) is 15.0 Å². The van der Waals surface area contributed by atoms with Gasteiger partial charge in [-0.1, -0.05) is 18.2 Å². The second kappa shape index (κ2) is 5.21. The number of rotatable bonds is 0. The van der Waals surface area contributed by atoms with Crippen molar-refractivity contribution in [1.29, 1.82) is 0 Å². The van der Waals surface area contributed by atoms with Gasteiger partial charge in [0.05, 0.1) is 17.2 Å². The van der Waals surface area contributed by atoms with E-state index in [2.05, 4.69) is 15.0 Å². The van der Waals surface area contributed by atoms with Gasteiger partial charge in [0, 0.05) is 6.20 Å². The molecule has 0 spiro atoms. The van der Waals surface area contributed by atoms with Crippen LogP contribution >= 0.6 is 0 Å². The van der Waals surface area contributed by atoms with Gasteiger partial charge in [0.25, 0.3) is 0 Å². The van der Waals surface area contributed by atoms with Crippen molar-refractivity contribution in [1.82, 2.24) is 15.0 Å². The first-order valence-electron chi connectivity index (χ1n) is 5.22. The smallest absolute Gasteiger partial charge is 0.123 e. The molecule has 0 unspecified atom stereocenters. The van der Waals surface area contributed by atoms with Crippen LogP contribution in [0, 0.1) is 12.7 Å². The van der Waals surface area contributed by atoms with Crippen molar-refractivity contribution in [2.24, 2.45) is 0 Å². The van der Waals surface area contributed by atoms with Crippen LogP contribution in [0.2, 0.25) is 0 Å². The molecule has 0 saturated carbocycles. The summed E-state index contributed by atoms with van der Waals surface area (Å²) in [5.74, 6) is 0.755. The summed E-state index contributed by atoms with van der Waals surface area (Å²) in [6.07, 6.45) is 3.51. The first-order chi connectivity index (χ1) is 8.25. The lowest BCUT2D eigenvalue weighted by atomic mass is 10.4. The van der Waals surface area contributed by atoms with Crippen molar-refractivity contribution in [2.45, 2.75) is 6.92 Å². The van der Waals surface area contributed by atoms with E-state index in [9.17, 15) is 4.39 Å². The molecular weight excluding hydrogens is 217 g/mol. The molecule has 2 aromatic heterocycles. The van der Waals surface area contributed by atoms with Gasteiger partial charge in [0.15, 0.2) is 0 Å². The van der Waals surface area contributed by atoms with Gasteiger partial charge >= 0.3 is 0 Å². The zero-order valence-corrected chi connectivity index (χ0v) is 9.39. The number of halogens is 1. The molecule has 3 aromatic rings. The molecule has 0 aliphatic heterocycles. The van der Waals surface area contributed by atoms with Gasteiger partial charge in [-0.25, -0.2) is 9.37 Å². The third kappa shape index (κ3) is 3.11. The van der Waals surface area contributed by atoms with E-state index in [4.69, 9.17) is 0 Å². The molecule has 2 heterocycles. The van der Waals surface area contributed by atoms with Crippen LogP contribution in [-0.2, 0) is 0 Å². The van der Waals surface area contributed by atoms with E-state index < -0.39 is 0 Å². The summed E-state index contributed by atoms with van der Waals surface area (Å²) in [4.78, 5) is 11.3. The minimum atomic E-state index is -0.178. The third-order valence-electron chi connectivity index (χ3n) is 2.13. The van der Waals surface area contributed by atoms with Gasteiger partial charge in [0.1, 0.15) is 11.6 Å². The number of aromatic amines is 1. The molecule has 1 N–H and O–H groups in total. The molecule has 0 bridgehead atoms. The summed E-state index contributed by atoms with van der Waals surface area (Å²) in [7, 11) is 0. The largest absolute Gasteiger partial charge is 0.341 e. The van der Waals surface area contributed by atoms with E-state index in [1.165, 1.54) is 12.1 Å². The molecule has 4 heteroatoms. The molecule has 0 radical (unpaired) electrons. The average molecular weight is 229 g/mol. The number of benzene rings is 1. The minimum absolute atomic E-state index is 0.178. The Morgan fingerprint density at radius 3 is 2.47 bits per heavy atom. The van der Waals surface area contributed by atoms with Crippen molar-refractivity contribution >= 4 is 11.0 Å². The standard InChI is InChI=1S/C7H7N3.C6H5F/c1-5-9-6-2-3-8-4-7(6)10-5;7-6-4-2-1-3-5-6/h2-4H,1H3,(H,9,10);1-5H. The third-order valence-corrected chi connectivity index (χ3v) is 2.13. The monoisotopic (exact) mass is 229 g/mol. The second-order valence-electron chi connectivity index (χ2n) is 3.51. The normalized spacial score (nSPS) is 9.76. The van der Waals surface area contributed by atoms with Gasteiger partial charge < -0.3 is 4.98 Å². The molecule has 0 aliphatic carbocycles. The molecule has 1 aromatic carbocycles. The average Bonchev–Trinajstić information content (AvgIpc) is 2.71. The fourth-order valence-corrected chi connectivity index (χ4v) is 1.40. The van der Waals surface area contributed by atoms with Gasteiger partial charge in [-0.05, 0) is 25.1 Å². The van der Waals surface area contributed by atoms with E-state index in [1.807, 2.05) is 13.0 Å². The lowest BCUT2D eigenvalue weighted by molar-refractivity contribution is 0.628. The Morgan fingerprint density at radius 2 is 1.88 bits per heavy atom. The maximum atomic E-state index is 11.9. The number of nitrogens with one attached hydrogen (secondary N) is 1. The molecule has 3 nitrogen and oxygen atoms in total. The highest BCUT2D eigenvalue weighted by molar-refractivity contribution is 5.73. The Labute approximate surface area is 98.4 Å². The Balaban J connectivity index is 0.000000136. The molecule has 0 atom stereocenters. The number of hydrogen-bond donors (Lipinski definition) is 1. The SMILES string of the molecule is Cc1nc2ccncc2[nH]1.Fc1ccccc1. The van der Waals surface area contributed by atoms with Crippen LogP contribution in [0.3, 0.4) is 0 Å². The van der Waals surface area contributed by atoms with Crippen molar-refractivity contribution in [2.75, 3.05) is 0 Å². The van der Waals surface area contributed by atoms with Crippen LogP contribution in [0.1, 0.15) is 5.82 Å². The van der Waals surface area contributed by atoms with Crippen molar-refractivity contribution in [3.05, 3.63) is 60.4 Å². The number of imidazole rings is 1. The van der Waals surface area contributed by atoms with Crippen LogP contribution in [0.5, 0.6) is 0 Å². The Hall–Kier alpha value is -2.23. The molecule has 0 amide bonds. The molecular formula is C13H12FN3. The minimum Gasteiger partial charge on any atom is -0.341 e. The number of H-pyrrole nitrogens is 1. The number of aromatic nitrogens is 3. The number of fused-ring (bicyclic) bond motifs is 1. The van der Waals surface area contributed by atoms with E-state index in [0.29, 0.717) is 0 Å². The van der Waals surface area contributed by atoms with E-state index >= 15 is 0 Å². The molecule has 0 aliphatic rings. The predicted molar refractivity (Wildman–Crippen MR) is 65.0 cm³/mol. The summed E-state index contributed by atoms with van der Waals surface area (Å²) in [6, 6.07) is 9.83. The van der Waals surface area contributed by atoms with Crippen molar-refractivity contribution < 1.29 is 4.39 Å². The second-order valence-corrected chi connectivity index (χ2v) is 3.51. The Morgan fingerprint density at radius 1 is 1.12 bits per heavy atom. The fourth-order valence-electron chi connectivity index (χ4n) is 1.40. The molecule has 86 valence electrons. The van der Waals surface area contributed by atoms with Gasteiger partial charge in [-0.2, -0.15) is 0 Å². The number of hydrogen-bond acceptors (Lipinski definition) is 2. The first-order valence-corrected chi connectivity index (χ1v) is 5.22. The topological polar surface area (TPSA) is 41.6 Å². The van der Waals surface area contributed by atoms with Crippen LogP contribution in [0.4, 0.5) is 4.39 Å². The summed E-state index contributed by atoms with van der Waals surface area (Å²) >= 11 is 0. The number of aryl methyl sites for hydroxylation is 1. The maximum absolute atomic E-state index is 11.9. The van der Waals surface area contributed by atoms with Gasteiger partial charge in [-0.3, -0.25) is 4.98 Å². The summed E-state index contributed by atoms with van der Waals surface area (Å²) in [5.41, 5.74) is 1.98. The number of nitrogens with zero attached hydrogens (tertiary/aromatic N) is 2. The van der Waals surface area contributed by atoms with Gasteiger partial charge in [0.2, 0.25) is 0 Å². The quantitative estimate of drug-likeness (QED) is 0.643. The molecule has 17 heavy (non-hydrogen) atoms. The summed E-state index contributed by atoms with van der Waals surface area (Å²) < 4.78 is 11.9. The molecule has 3 rings (SSSR count). The predicted octanol–water partition coefficient (Wildman–Crippen LogP) is 3.09. The van der Waals surface area contributed by atoms with E-state index in [1.54, 1.807) is 30.6 Å². The Bertz CT molecular complexity index is 557. The maximum Gasteiger partial charge on any atom is 0.123 e. The summed E-state index contributed by atoms with van der Waals surface area (Å²) in [5, 5.41) is 0. The number of pyridine rings is 1. The fraction of sp³-hybridized carbons (Fsp3) is 0.0769. The van der Waals surface area contributed by atoms with Gasteiger partial charge in [-0.15, -0.1) is 0 Å². The van der Waals surface area contributed by atoms with E-state index in [0.717, 1.165) is 16.9 Å². The highest BCUT2D eigenvalue weighted by Crippen LogP contribution is 2.06. The lowest BCUT2D eigenvalue weighted by Gasteiger charge is -1.80. The first kappa shape index (κ1) is 11.3. The highest BCUT2D eigenvalue weighted by Gasteiger charge is 1.94. The van der Waals surface area contributed by atoms with Crippen LogP contribution in [0.15, 0.2) is 48.8 Å². The lowest BCUT2D eigenvalue weighted by Crippen LogP contribution is -1.69. The van der Waals surface area contributed by atoms with Crippen molar-refractivity contribution in [3.63, 3.8) is 0 Å². The molecule has 0 fully saturated rings. The highest BCUT2D eigenvalue weighted by atomic mass is 19.1. The van der Waals surface area contributed by atoms with E-state index in [-0.39, 0.29) is 5.82 Å². The van der Waals surface area contributed by atoms with Crippen molar-refractivity contribution in [3.8, 4) is 0 Å². The summed E-state index contributed by atoms with van der Waals surface area (Å²) in [6.45, 7) is 1.93. The van der Waals surface area contributed by atoms with Crippen LogP contribution in [0.25, 0.3) is 11.0 Å². The Kier molecular flexibility index (Phi) is 3.45. The molecule has 0 saturated heterocycles. The zero-order valence-electron chi connectivity index (χ0n) is 9.39. The van der Waals surface area contributed by atoms with Crippen LogP contribution < -0.4 is 0 Å².